The minimum atomic E-state index is -0.467. The molecule has 0 aromatic carbocycles. The average molecular weight is 322 g/mol. The highest BCUT2D eigenvalue weighted by atomic mass is 16.3. The molecule has 0 atom stereocenters. The minimum Gasteiger partial charge on any atom is -0.472 e. The number of nitrogens with one attached hydrogen (secondary N) is 2. The largest absolute Gasteiger partial charge is 0.472 e. The molecule has 1 aromatic rings. The van der Waals surface area contributed by atoms with Gasteiger partial charge in [-0.15, -0.1) is 0 Å². The summed E-state index contributed by atoms with van der Waals surface area (Å²) in [4.78, 5) is 39.0. The molecule has 0 bridgehead atoms. The number of hydrogen-bond donors (Lipinski definition) is 2. The third kappa shape index (κ3) is 5.10. The van der Waals surface area contributed by atoms with Crippen molar-refractivity contribution in [1.82, 2.24) is 20.4 Å². The number of hydrogen-bond acceptors (Lipinski definition) is 5. The molecule has 4 amide bonds. The van der Waals surface area contributed by atoms with E-state index in [4.69, 9.17) is 4.42 Å². The van der Waals surface area contributed by atoms with Gasteiger partial charge in [0.2, 0.25) is 5.91 Å². The maximum atomic E-state index is 12.2. The van der Waals surface area contributed by atoms with Crippen LogP contribution in [0, 0.1) is 0 Å². The number of amides is 4. The monoisotopic (exact) mass is 322 g/mol. The van der Waals surface area contributed by atoms with Crippen LogP contribution < -0.4 is 10.6 Å². The van der Waals surface area contributed by atoms with Crippen LogP contribution >= 0.6 is 0 Å². The molecule has 2 N–H and O–H groups in total. The molecule has 2 rings (SSSR count). The fourth-order valence-electron chi connectivity index (χ4n) is 2.33. The van der Waals surface area contributed by atoms with E-state index in [1.807, 2.05) is 11.8 Å². The van der Waals surface area contributed by atoms with Crippen molar-refractivity contribution in [3.8, 4) is 0 Å². The topological polar surface area (TPSA) is 94.9 Å². The molecule has 1 aliphatic heterocycles. The molecule has 1 fully saturated rings. The molecule has 126 valence electrons. The van der Waals surface area contributed by atoms with Crippen LogP contribution in [0.25, 0.3) is 0 Å². The van der Waals surface area contributed by atoms with Gasteiger partial charge in [0.25, 0.3) is 5.91 Å². The summed E-state index contributed by atoms with van der Waals surface area (Å²) in [7, 11) is 0. The molecule has 8 heteroatoms. The third-order valence-electron chi connectivity index (χ3n) is 3.58. The Kier molecular flexibility index (Phi) is 6.16. The zero-order valence-corrected chi connectivity index (χ0v) is 13.2. The quantitative estimate of drug-likeness (QED) is 0.811. The van der Waals surface area contributed by atoms with Crippen molar-refractivity contribution in [2.75, 3.05) is 39.3 Å². The standard InChI is InChI=1S/C15H22N4O4/c1-2-4-16-15(22)17-13(20)10-18-5-7-19(8-6-18)14(21)12-3-9-23-11-12/h3,9,11H,2,4-8,10H2,1H3,(H2,16,17,20,22). The Labute approximate surface area is 134 Å². The fraction of sp³-hybridized carbons (Fsp3) is 0.533. The Morgan fingerprint density at radius 3 is 2.57 bits per heavy atom. The predicted molar refractivity (Wildman–Crippen MR) is 82.9 cm³/mol. The van der Waals surface area contributed by atoms with Gasteiger partial charge in [0.15, 0.2) is 0 Å². The number of furan rings is 1. The number of piperazine rings is 1. The van der Waals surface area contributed by atoms with Gasteiger partial charge >= 0.3 is 6.03 Å². The maximum absolute atomic E-state index is 12.2. The van der Waals surface area contributed by atoms with Gasteiger partial charge in [0.05, 0.1) is 18.4 Å². The van der Waals surface area contributed by atoms with Gasteiger partial charge in [-0.3, -0.25) is 19.8 Å². The van der Waals surface area contributed by atoms with Gasteiger partial charge in [-0.05, 0) is 12.5 Å². The van der Waals surface area contributed by atoms with Gasteiger partial charge in [-0.2, -0.15) is 0 Å². The Morgan fingerprint density at radius 1 is 1.22 bits per heavy atom. The van der Waals surface area contributed by atoms with E-state index in [1.165, 1.54) is 12.5 Å². The number of carbonyl (C=O) groups excluding carboxylic acids is 3. The van der Waals surface area contributed by atoms with E-state index in [2.05, 4.69) is 10.6 Å². The average Bonchev–Trinajstić information content (AvgIpc) is 3.07. The first kappa shape index (κ1) is 17.0. The summed E-state index contributed by atoms with van der Waals surface area (Å²) in [6.45, 7) is 4.88. The van der Waals surface area contributed by atoms with Crippen LogP contribution in [0.4, 0.5) is 4.79 Å². The predicted octanol–water partition coefficient (Wildman–Crippen LogP) is 0.273. The molecule has 2 heterocycles. The van der Waals surface area contributed by atoms with Gasteiger partial charge in [-0.25, -0.2) is 4.79 Å². The molecule has 0 spiro atoms. The van der Waals surface area contributed by atoms with Crippen LogP contribution in [-0.4, -0.2) is 66.9 Å². The lowest BCUT2D eigenvalue weighted by Crippen LogP contribution is -2.52. The molecule has 0 saturated carbocycles. The summed E-state index contributed by atoms with van der Waals surface area (Å²) in [6.07, 6.45) is 3.71. The lowest BCUT2D eigenvalue weighted by atomic mass is 10.2. The van der Waals surface area contributed by atoms with E-state index in [-0.39, 0.29) is 18.4 Å². The summed E-state index contributed by atoms with van der Waals surface area (Å²) in [5.41, 5.74) is 0.531. The number of urea groups is 1. The smallest absolute Gasteiger partial charge is 0.321 e. The van der Waals surface area contributed by atoms with Crippen molar-refractivity contribution < 1.29 is 18.8 Å². The summed E-state index contributed by atoms with van der Waals surface area (Å²) in [5.74, 6) is -0.407. The van der Waals surface area contributed by atoms with Gasteiger partial charge in [0, 0.05) is 32.7 Å². The van der Waals surface area contributed by atoms with Crippen molar-refractivity contribution in [1.29, 1.82) is 0 Å². The molecule has 0 radical (unpaired) electrons. The molecule has 1 saturated heterocycles. The molecule has 8 nitrogen and oxygen atoms in total. The Morgan fingerprint density at radius 2 is 1.96 bits per heavy atom. The zero-order chi connectivity index (χ0) is 16.7. The molecular formula is C15H22N4O4. The van der Waals surface area contributed by atoms with Gasteiger partial charge < -0.3 is 14.6 Å². The Balaban J connectivity index is 1.71. The van der Waals surface area contributed by atoms with Crippen LogP contribution in [0.1, 0.15) is 23.7 Å². The van der Waals surface area contributed by atoms with Crippen molar-refractivity contribution in [2.45, 2.75) is 13.3 Å². The fourth-order valence-corrected chi connectivity index (χ4v) is 2.33. The van der Waals surface area contributed by atoms with Crippen LogP contribution in [-0.2, 0) is 4.79 Å². The molecule has 23 heavy (non-hydrogen) atoms. The highest BCUT2D eigenvalue weighted by Gasteiger charge is 2.24. The molecule has 0 aliphatic carbocycles. The highest BCUT2D eigenvalue weighted by molar-refractivity contribution is 5.95. The summed E-state index contributed by atoms with van der Waals surface area (Å²) in [5, 5.41) is 4.88. The van der Waals surface area contributed by atoms with Crippen LogP contribution in [0.15, 0.2) is 23.0 Å². The summed E-state index contributed by atoms with van der Waals surface area (Å²) >= 11 is 0. The van der Waals surface area contributed by atoms with E-state index in [0.717, 1.165) is 6.42 Å². The van der Waals surface area contributed by atoms with E-state index >= 15 is 0 Å². The lowest BCUT2D eigenvalue weighted by molar-refractivity contribution is -0.121. The number of rotatable bonds is 5. The van der Waals surface area contributed by atoms with Gasteiger partial charge in [0.1, 0.15) is 6.26 Å². The SMILES string of the molecule is CCCNC(=O)NC(=O)CN1CCN(C(=O)c2ccoc2)CC1. The zero-order valence-electron chi connectivity index (χ0n) is 13.2. The number of imide groups is 1. The number of carbonyl (C=O) groups is 3. The second-order valence-electron chi connectivity index (χ2n) is 5.38. The van der Waals surface area contributed by atoms with Crippen molar-refractivity contribution in [2.24, 2.45) is 0 Å². The van der Waals surface area contributed by atoms with E-state index < -0.39 is 6.03 Å². The van der Waals surface area contributed by atoms with E-state index in [9.17, 15) is 14.4 Å². The second-order valence-corrected chi connectivity index (χ2v) is 5.38. The summed E-state index contributed by atoms with van der Waals surface area (Å²) in [6, 6.07) is 1.17. The van der Waals surface area contributed by atoms with E-state index in [0.29, 0.717) is 38.3 Å². The Hall–Kier alpha value is -2.35. The maximum Gasteiger partial charge on any atom is 0.321 e. The normalized spacial score (nSPS) is 15.3. The van der Waals surface area contributed by atoms with Crippen LogP contribution in [0.5, 0.6) is 0 Å². The van der Waals surface area contributed by atoms with Gasteiger partial charge in [-0.1, -0.05) is 6.92 Å². The molecule has 1 aliphatic rings. The van der Waals surface area contributed by atoms with Crippen LogP contribution in [0.2, 0.25) is 0 Å². The van der Waals surface area contributed by atoms with Crippen molar-refractivity contribution in [3.05, 3.63) is 24.2 Å². The third-order valence-corrected chi connectivity index (χ3v) is 3.58. The summed E-state index contributed by atoms with van der Waals surface area (Å²) < 4.78 is 4.92. The molecule has 1 aromatic heterocycles. The van der Waals surface area contributed by atoms with Crippen molar-refractivity contribution in [3.63, 3.8) is 0 Å². The first-order chi connectivity index (χ1) is 11.1. The first-order valence-electron chi connectivity index (χ1n) is 7.71. The lowest BCUT2D eigenvalue weighted by Gasteiger charge is -2.34. The highest BCUT2D eigenvalue weighted by Crippen LogP contribution is 2.09. The first-order valence-corrected chi connectivity index (χ1v) is 7.71. The molecule has 0 unspecified atom stereocenters. The van der Waals surface area contributed by atoms with Crippen LogP contribution in [0.3, 0.4) is 0 Å². The molecular weight excluding hydrogens is 300 g/mol. The van der Waals surface area contributed by atoms with E-state index in [1.54, 1.807) is 11.0 Å². The van der Waals surface area contributed by atoms with Crippen molar-refractivity contribution >= 4 is 17.8 Å². The Bertz CT molecular complexity index is 536. The second kappa shape index (κ2) is 8.33. The minimum absolute atomic E-state index is 0.0678. The number of nitrogens with zero attached hydrogens (tertiary/aromatic N) is 2.